The zero-order chi connectivity index (χ0) is 21.6. The molecule has 0 fully saturated rings. The standard InChI is InChI=1S/C21H19BrN2O5S/c1-2-28-21(25)15-3-7-17(8-4-15)23-13-18-9-10-19(29-18)14-24-30(26,27)20-11-5-16(22)6-12-20/h3-13,24H,2,14H2,1H3. The maximum Gasteiger partial charge on any atom is 0.338 e. The third-order valence-corrected chi connectivity index (χ3v) is 5.91. The van der Waals surface area contributed by atoms with Crippen molar-refractivity contribution >= 4 is 43.8 Å². The summed E-state index contributed by atoms with van der Waals surface area (Å²) in [5.41, 5.74) is 1.09. The highest BCUT2D eigenvalue weighted by Crippen LogP contribution is 2.16. The Morgan fingerprint density at radius 1 is 1.10 bits per heavy atom. The van der Waals surface area contributed by atoms with Gasteiger partial charge in [0, 0.05) is 4.47 Å². The van der Waals surface area contributed by atoms with Crippen molar-refractivity contribution in [2.75, 3.05) is 6.61 Å². The lowest BCUT2D eigenvalue weighted by atomic mass is 10.2. The number of esters is 1. The van der Waals surface area contributed by atoms with Crippen molar-refractivity contribution in [2.24, 2.45) is 4.99 Å². The summed E-state index contributed by atoms with van der Waals surface area (Å²) < 4.78 is 38.5. The second kappa shape index (κ2) is 9.84. The van der Waals surface area contributed by atoms with Gasteiger partial charge in [0.25, 0.3) is 0 Å². The first-order valence-electron chi connectivity index (χ1n) is 9.02. The monoisotopic (exact) mass is 490 g/mol. The number of rotatable bonds is 8. The highest BCUT2D eigenvalue weighted by Gasteiger charge is 2.14. The molecule has 0 saturated heterocycles. The van der Waals surface area contributed by atoms with Crippen molar-refractivity contribution in [3.05, 3.63) is 82.2 Å². The van der Waals surface area contributed by atoms with Crippen molar-refractivity contribution in [1.29, 1.82) is 0 Å². The highest BCUT2D eigenvalue weighted by atomic mass is 79.9. The number of benzene rings is 2. The number of nitrogens with zero attached hydrogens (tertiary/aromatic N) is 1. The molecule has 2 aromatic carbocycles. The zero-order valence-corrected chi connectivity index (χ0v) is 18.4. The highest BCUT2D eigenvalue weighted by molar-refractivity contribution is 9.10. The Kier molecular flexibility index (Phi) is 7.20. The van der Waals surface area contributed by atoms with Crippen LogP contribution in [0.1, 0.15) is 28.8 Å². The molecule has 0 unspecified atom stereocenters. The molecule has 1 N–H and O–H groups in total. The number of carbonyl (C=O) groups is 1. The average Bonchev–Trinajstić information content (AvgIpc) is 3.20. The van der Waals surface area contributed by atoms with Crippen LogP contribution in [0, 0.1) is 0 Å². The van der Waals surface area contributed by atoms with E-state index >= 15 is 0 Å². The topological polar surface area (TPSA) is 98.0 Å². The van der Waals surface area contributed by atoms with E-state index in [1.54, 1.807) is 55.5 Å². The SMILES string of the molecule is CCOC(=O)c1ccc(N=Cc2ccc(CNS(=O)(=O)c3ccc(Br)cc3)o2)cc1. The van der Waals surface area contributed by atoms with Gasteiger partial charge < -0.3 is 9.15 Å². The van der Waals surface area contributed by atoms with Crippen molar-refractivity contribution in [3.8, 4) is 0 Å². The molecule has 30 heavy (non-hydrogen) atoms. The Labute approximate surface area is 183 Å². The lowest BCUT2D eigenvalue weighted by molar-refractivity contribution is 0.0526. The van der Waals surface area contributed by atoms with Gasteiger partial charge in [-0.25, -0.2) is 17.9 Å². The summed E-state index contributed by atoms with van der Waals surface area (Å²) in [5.74, 6) is 0.548. The van der Waals surface area contributed by atoms with Crippen LogP contribution in [-0.2, 0) is 21.3 Å². The molecule has 0 atom stereocenters. The predicted octanol–water partition coefficient (Wildman–Crippen LogP) is 4.45. The number of ether oxygens (including phenoxy) is 1. The number of furan rings is 1. The number of carbonyl (C=O) groups excluding carboxylic acids is 1. The Bertz CT molecular complexity index is 1140. The number of aliphatic imine (C=N–C) groups is 1. The van der Waals surface area contributed by atoms with E-state index in [4.69, 9.17) is 9.15 Å². The van der Waals surface area contributed by atoms with Crippen molar-refractivity contribution < 1.29 is 22.4 Å². The summed E-state index contributed by atoms with van der Waals surface area (Å²) in [6.07, 6.45) is 1.52. The van der Waals surface area contributed by atoms with Crippen LogP contribution in [0.5, 0.6) is 0 Å². The molecule has 0 aliphatic carbocycles. The molecule has 1 heterocycles. The third-order valence-electron chi connectivity index (χ3n) is 3.96. The first-order chi connectivity index (χ1) is 14.4. The van der Waals surface area contributed by atoms with Crippen LogP contribution < -0.4 is 4.72 Å². The van der Waals surface area contributed by atoms with Gasteiger partial charge in [0.15, 0.2) is 0 Å². The minimum Gasteiger partial charge on any atom is -0.462 e. The van der Waals surface area contributed by atoms with Crippen LogP contribution in [0.2, 0.25) is 0 Å². The Morgan fingerprint density at radius 2 is 1.80 bits per heavy atom. The van der Waals surface area contributed by atoms with Gasteiger partial charge >= 0.3 is 5.97 Å². The first-order valence-corrected chi connectivity index (χ1v) is 11.3. The zero-order valence-electron chi connectivity index (χ0n) is 16.0. The molecule has 0 amide bonds. The van der Waals surface area contributed by atoms with Gasteiger partial charge in [-0.05, 0) is 67.6 Å². The van der Waals surface area contributed by atoms with E-state index in [9.17, 15) is 13.2 Å². The summed E-state index contributed by atoms with van der Waals surface area (Å²) in [4.78, 5) is 16.1. The minimum absolute atomic E-state index is 0.0144. The van der Waals surface area contributed by atoms with Crippen molar-refractivity contribution in [2.45, 2.75) is 18.4 Å². The molecule has 7 nitrogen and oxygen atoms in total. The molecule has 0 spiro atoms. The van der Waals surface area contributed by atoms with Gasteiger partial charge in [-0.15, -0.1) is 0 Å². The molecule has 3 aromatic rings. The van der Waals surface area contributed by atoms with Gasteiger partial charge in [0.05, 0.1) is 35.5 Å². The normalized spacial score (nSPS) is 11.7. The Balaban J connectivity index is 1.59. The van der Waals surface area contributed by atoms with E-state index in [-0.39, 0.29) is 17.4 Å². The molecule has 9 heteroatoms. The molecule has 0 bridgehead atoms. The molecule has 0 radical (unpaired) electrons. The van der Waals surface area contributed by atoms with Gasteiger partial charge in [0.2, 0.25) is 10.0 Å². The fourth-order valence-corrected chi connectivity index (χ4v) is 3.72. The lowest BCUT2D eigenvalue weighted by Crippen LogP contribution is -2.22. The molecule has 0 saturated carbocycles. The van der Waals surface area contributed by atoms with E-state index < -0.39 is 10.0 Å². The van der Waals surface area contributed by atoms with Crippen LogP contribution in [0.4, 0.5) is 5.69 Å². The number of hydrogen-bond donors (Lipinski definition) is 1. The molecule has 0 aliphatic heterocycles. The number of sulfonamides is 1. The lowest BCUT2D eigenvalue weighted by Gasteiger charge is -2.05. The third kappa shape index (κ3) is 5.88. The van der Waals surface area contributed by atoms with Gasteiger partial charge in [0.1, 0.15) is 11.5 Å². The second-order valence-corrected chi connectivity index (χ2v) is 8.79. The van der Waals surface area contributed by atoms with E-state index in [1.807, 2.05) is 0 Å². The largest absolute Gasteiger partial charge is 0.462 e. The molecule has 0 aliphatic rings. The molecule has 156 valence electrons. The summed E-state index contributed by atoms with van der Waals surface area (Å²) in [5, 5.41) is 0. The average molecular weight is 491 g/mol. The minimum atomic E-state index is -3.64. The van der Waals surface area contributed by atoms with Crippen molar-refractivity contribution in [1.82, 2.24) is 4.72 Å². The Hall–Kier alpha value is -2.75. The number of halogens is 1. The van der Waals surface area contributed by atoms with Crippen LogP contribution in [0.25, 0.3) is 0 Å². The van der Waals surface area contributed by atoms with E-state index in [0.29, 0.717) is 29.4 Å². The van der Waals surface area contributed by atoms with E-state index in [2.05, 4.69) is 25.6 Å². The van der Waals surface area contributed by atoms with Crippen LogP contribution in [0.3, 0.4) is 0 Å². The summed E-state index contributed by atoms with van der Waals surface area (Å²) >= 11 is 3.28. The number of hydrogen-bond acceptors (Lipinski definition) is 6. The molecular formula is C21H19BrN2O5S. The van der Waals surface area contributed by atoms with E-state index in [1.165, 1.54) is 18.3 Å². The maximum atomic E-state index is 12.3. The van der Waals surface area contributed by atoms with Crippen LogP contribution >= 0.6 is 15.9 Å². The van der Waals surface area contributed by atoms with Crippen molar-refractivity contribution in [3.63, 3.8) is 0 Å². The Morgan fingerprint density at radius 3 is 2.47 bits per heavy atom. The van der Waals surface area contributed by atoms with Crippen LogP contribution in [0.15, 0.2) is 79.4 Å². The summed E-state index contributed by atoms with van der Waals surface area (Å²) in [6.45, 7) is 2.08. The molecule has 3 rings (SSSR count). The predicted molar refractivity (Wildman–Crippen MR) is 117 cm³/mol. The smallest absolute Gasteiger partial charge is 0.338 e. The van der Waals surface area contributed by atoms with Gasteiger partial charge in [-0.2, -0.15) is 0 Å². The maximum absolute atomic E-state index is 12.3. The summed E-state index contributed by atoms with van der Waals surface area (Å²) in [7, 11) is -3.64. The second-order valence-electron chi connectivity index (χ2n) is 6.11. The van der Waals surface area contributed by atoms with Gasteiger partial charge in [-0.1, -0.05) is 15.9 Å². The molecule has 1 aromatic heterocycles. The molecular weight excluding hydrogens is 472 g/mol. The summed E-state index contributed by atoms with van der Waals surface area (Å²) in [6, 6.07) is 16.4. The fourth-order valence-electron chi connectivity index (χ4n) is 2.46. The van der Waals surface area contributed by atoms with Gasteiger partial charge in [-0.3, -0.25) is 4.99 Å². The fraction of sp³-hybridized carbons (Fsp3) is 0.143. The van der Waals surface area contributed by atoms with Crippen LogP contribution in [-0.4, -0.2) is 27.2 Å². The van der Waals surface area contributed by atoms with E-state index in [0.717, 1.165) is 4.47 Å². The number of nitrogens with one attached hydrogen (secondary N) is 1. The quantitative estimate of drug-likeness (QED) is 0.371. The first kappa shape index (κ1) is 21.9.